The molecule has 1 heterocycles. The standard InChI is InChI=1S/C25H33N2O4P/c1-3-15-27-16-14-22(25(27,24(29)30)23(28)19(2)26)32(31,17-20-10-6-4-7-11-20)18-21-12-8-5-9-13-21/h4-13,19,22H,3,14-18,26H2,1-2H3,(H,29,30)/t19-,22?,25+/m0/s1. The van der Waals surface area contributed by atoms with Crippen LogP contribution in [-0.4, -0.2) is 52.1 Å². The Kier molecular flexibility index (Phi) is 7.71. The summed E-state index contributed by atoms with van der Waals surface area (Å²) in [5.74, 6) is -1.79. The molecule has 32 heavy (non-hydrogen) atoms. The molecule has 3 rings (SSSR count). The van der Waals surface area contributed by atoms with Crippen LogP contribution in [0, 0.1) is 0 Å². The first-order chi connectivity index (χ1) is 15.3. The topological polar surface area (TPSA) is 101 Å². The Bertz CT molecular complexity index is 934. The van der Waals surface area contributed by atoms with E-state index in [0.717, 1.165) is 11.1 Å². The second kappa shape index (κ2) is 10.1. The molecule has 0 spiro atoms. The van der Waals surface area contributed by atoms with Gasteiger partial charge < -0.3 is 15.4 Å². The van der Waals surface area contributed by atoms with Gasteiger partial charge in [0, 0.05) is 18.9 Å². The lowest BCUT2D eigenvalue weighted by atomic mass is 9.86. The summed E-state index contributed by atoms with van der Waals surface area (Å²) >= 11 is 0. The first-order valence-electron chi connectivity index (χ1n) is 11.2. The third kappa shape index (κ3) is 4.59. The number of nitrogens with two attached hydrogens (primary N) is 1. The average molecular weight is 457 g/mol. The van der Waals surface area contributed by atoms with Crippen molar-refractivity contribution in [2.75, 3.05) is 13.1 Å². The summed E-state index contributed by atoms with van der Waals surface area (Å²) in [5.41, 5.74) is 5.06. The van der Waals surface area contributed by atoms with Crippen molar-refractivity contribution in [1.29, 1.82) is 0 Å². The van der Waals surface area contributed by atoms with Crippen LogP contribution in [0.2, 0.25) is 0 Å². The quantitative estimate of drug-likeness (QED) is 0.414. The number of Topliss-reactive ketones (excluding diaryl/α,β-unsaturated/α-hetero) is 1. The third-order valence-corrected chi connectivity index (χ3v) is 9.99. The van der Waals surface area contributed by atoms with Gasteiger partial charge in [-0.05, 0) is 37.4 Å². The number of carboxylic acids is 1. The van der Waals surface area contributed by atoms with Crippen LogP contribution in [0.4, 0.5) is 0 Å². The van der Waals surface area contributed by atoms with E-state index in [0.29, 0.717) is 25.9 Å². The Hall–Kier alpha value is -2.27. The summed E-state index contributed by atoms with van der Waals surface area (Å²) in [4.78, 5) is 28.1. The van der Waals surface area contributed by atoms with E-state index < -0.39 is 36.1 Å². The first-order valence-corrected chi connectivity index (χ1v) is 13.3. The highest BCUT2D eigenvalue weighted by atomic mass is 31.2. The Morgan fingerprint density at radius 1 is 1.09 bits per heavy atom. The van der Waals surface area contributed by atoms with E-state index in [4.69, 9.17) is 5.73 Å². The molecule has 0 amide bonds. The van der Waals surface area contributed by atoms with Crippen LogP contribution in [-0.2, 0) is 26.5 Å². The van der Waals surface area contributed by atoms with Crippen LogP contribution in [0.1, 0.15) is 37.8 Å². The van der Waals surface area contributed by atoms with Crippen molar-refractivity contribution in [2.45, 2.75) is 56.3 Å². The maximum absolute atomic E-state index is 14.9. The summed E-state index contributed by atoms with van der Waals surface area (Å²) in [6, 6.07) is 18.0. The lowest BCUT2D eigenvalue weighted by molar-refractivity contribution is -0.156. The van der Waals surface area contributed by atoms with Gasteiger partial charge in [0.1, 0.15) is 7.14 Å². The van der Waals surface area contributed by atoms with E-state index in [-0.39, 0.29) is 12.3 Å². The Morgan fingerprint density at radius 3 is 2.00 bits per heavy atom. The number of nitrogens with zero attached hydrogens (tertiary/aromatic N) is 1. The monoisotopic (exact) mass is 456 g/mol. The number of benzene rings is 2. The molecular weight excluding hydrogens is 423 g/mol. The molecule has 2 aromatic rings. The van der Waals surface area contributed by atoms with Crippen LogP contribution in [0.5, 0.6) is 0 Å². The Morgan fingerprint density at radius 2 is 1.59 bits per heavy atom. The predicted octanol–water partition coefficient (Wildman–Crippen LogP) is 3.97. The van der Waals surface area contributed by atoms with E-state index in [2.05, 4.69) is 0 Å². The zero-order chi connectivity index (χ0) is 23.4. The molecule has 0 aromatic heterocycles. The van der Waals surface area contributed by atoms with Crippen molar-refractivity contribution in [3.05, 3.63) is 71.8 Å². The number of aliphatic carboxylic acids is 1. The van der Waals surface area contributed by atoms with Gasteiger partial charge in [-0.15, -0.1) is 0 Å². The summed E-state index contributed by atoms with van der Waals surface area (Å²) in [5, 5.41) is 10.5. The number of carboxylic acid groups (broad SMARTS) is 1. The van der Waals surface area contributed by atoms with Crippen LogP contribution in [0.15, 0.2) is 60.7 Å². The average Bonchev–Trinajstić information content (AvgIpc) is 3.15. The van der Waals surface area contributed by atoms with E-state index >= 15 is 0 Å². The van der Waals surface area contributed by atoms with Gasteiger partial charge in [-0.1, -0.05) is 67.6 Å². The summed E-state index contributed by atoms with van der Waals surface area (Å²) in [6.45, 7) is 4.32. The van der Waals surface area contributed by atoms with Crippen LogP contribution in [0.25, 0.3) is 0 Å². The molecule has 0 radical (unpaired) electrons. The molecule has 6 nitrogen and oxygen atoms in total. The van der Waals surface area contributed by atoms with E-state index in [1.807, 2.05) is 67.6 Å². The highest BCUT2D eigenvalue weighted by Gasteiger charge is 2.64. The molecule has 1 fully saturated rings. The minimum atomic E-state index is -3.24. The van der Waals surface area contributed by atoms with Gasteiger partial charge in [-0.25, -0.2) is 4.79 Å². The maximum Gasteiger partial charge on any atom is 0.332 e. The van der Waals surface area contributed by atoms with E-state index in [1.54, 1.807) is 4.90 Å². The zero-order valence-electron chi connectivity index (χ0n) is 18.8. The Labute approximate surface area is 190 Å². The molecule has 1 aliphatic rings. The van der Waals surface area contributed by atoms with E-state index in [9.17, 15) is 19.3 Å². The van der Waals surface area contributed by atoms with Crippen molar-refractivity contribution in [1.82, 2.24) is 4.90 Å². The number of likely N-dealkylation sites (tertiary alicyclic amines) is 1. The number of hydrogen-bond acceptors (Lipinski definition) is 5. The molecule has 1 saturated heterocycles. The number of hydrogen-bond donors (Lipinski definition) is 2. The highest BCUT2D eigenvalue weighted by molar-refractivity contribution is 7.63. The van der Waals surface area contributed by atoms with Gasteiger partial charge in [-0.2, -0.15) is 0 Å². The molecule has 0 saturated carbocycles. The summed E-state index contributed by atoms with van der Waals surface area (Å²) < 4.78 is 14.9. The molecule has 1 unspecified atom stereocenters. The van der Waals surface area contributed by atoms with Crippen LogP contribution < -0.4 is 5.73 Å². The van der Waals surface area contributed by atoms with Crippen LogP contribution in [0.3, 0.4) is 0 Å². The van der Waals surface area contributed by atoms with Gasteiger partial charge in [0.2, 0.25) is 0 Å². The fraction of sp³-hybridized carbons (Fsp3) is 0.440. The fourth-order valence-electron chi connectivity index (χ4n) is 5.12. The normalized spacial score (nSPS) is 22.5. The molecule has 2 aromatic carbocycles. The van der Waals surface area contributed by atoms with Crippen molar-refractivity contribution >= 4 is 18.9 Å². The third-order valence-electron chi connectivity index (χ3n) is 6.42. The SMILES string of the molecule is CCCN1CCC(P(=O)(Cc2ccccc2)Cc2ccccc2)[C@]1(C(=O)O)C(=O)[C@H](C)N. The minimum Gasteiger partial charge on any atom is -0.480 e. The molecule has 172 valence electrons. The highest BCUT2D eigenvalue weighted by Crippen LogP contribution is 2.63. The van der Waals surface area contributed by atoms with Gasteiger partial charge in [0.25, 0.3) is 0 Å². The van der Waals surface area contributed by atoms with Crippen molar-refractivity contribution in [3.63, 3.8) is 0 Å². The molecule has 7 heteroatoms. The molecule has 1 aliphatic heterocycles. The molecule has 0 bridgehead atoms. The van der Waals surface area contributed by atoms with Crippen molar-refractivity contribution in [3.8, 4) is 0 Å². The van der Waals surface area contributed by atoms with Crippen LogP contribution >= 0.6 is 7.14 Å². The molecular formula is C25H33N2O4P. The number of carbonyl (C=O) groups excluding carboxylic acids is 1. The van der Waals surface area contributed by atoms with Crippen molar-refractivity contribution < 1.29 is 19.3 Å². The summed E-state index contributed by atoms with van der Waals surface area (Å²) in [6.07, 6.45) is 1.57. The molecule has 0 aliphatic carbocycles. The lowest BCUT2D eigenvalue weighted by Gasteiger charge is -2.41. The van der Waals surface area contributed by atoms with Crippen molar-refractivity contribution in [2.24, 2.45) is 5.73 Å². The predicted molar refractivity (Wildman–Crippen MR) is 127 cm³/mol. The maximum atomic E-state index is 14.9. The largest absolute Gasteiger partial charge is 0.480 e. The summed E-state index contributed by atoms with van der Waals surface area (Å²) in [7, 11) is -3.24. The second-order valence-corrected chi connectivity index (χ2v) is 11.9. The lowest BCUT2D eigenvalue weighted by Crippen LogP contribution is -2.65. The number of carbonyl (C=O) groups is 2. The zero-order valence-corrected chi connectivity index (χ0v) is 19.7. The smallest absolute Gasteiger partial charge is 0.332 e. The Balaban J connectivity index is 2.17. The van der Waals surface area contributed by atoms with E-state index in [1.165, 1.54) is 6.92 Å². The molecule has 3 atom stereocenters. The number of ketones is 1. The van der Waals surface area contributed by atoms with Gasteiger partial charge >= 0.3 is 5.97 Å². The van der Waals surface area contributed by atoms with Gasteiger partial charge in [-0.3, -0.25) is 9.69 Å². The second-order valence-electron chi connectivity index (χ2n) is 8.76. The fourth-order valence-corrected chi connectivity index (χ4v) is 9.00. The van der Waals surface area contributed by atoms with Gasteiger partial charge in [0.15, 0.2) is 11.3 Å². The number of rotatable bonds is 10. The van der Waals surface area contributed by atoms with Gasteiger partial charge in [0.05, 0.1) is 11.7 Å². The molecule has 3 N–H and O–H groups in total. The minimum absolute atomic E-state index is 0.245. The first kappa shape index (κ1) is 24.4.